The molecule has 2 rings (SSSR count). The zero-order chi connectivity index (χ0) is 10.1. The van der Waals surface area contributed by atoms with Crippen molar-refractivity contribution >= 4 is 12.2 Å². The van der Waals surface area contributed by atoms with Gasteiger partial charge in [0.1, 0.15) is 10.5 Å². The summed E-state index contributed by atoms with van der Waals surface area (Å²) in [6, 6.07) is 1.99. The molecule has 0 aliphatic heterocycles. The van der Waals surface area contributed by atoms with Gasteiger partial charge in [-0.25, -0.2) is 4.98 Å². The van der Waals surface area contributed by atoms with E-state index in [9.17, 15) is 0 Å². The Kier molecular flexibility index (Phi) is 2.68. The monoisotopic (exact) mass is 208 g/mol. The fraction of sp³-hybridized carbons (Fsp3) is 0.636. The van der Waals surface area contributed by atoms with Gasteiger partial charge in [0, 0.05) is 11.6 Å². The SMILES string of the molecule is CC(C)Cc1cc(=S)nc(C2CC2)[nH]1. The van der Waals surface area contributed by atoms with Gasteiger partial charge < -0.3 is 4.98 Å². The first-order chi connectivity index (χ1) is 6.65. The van der Waals surface area contributed by atoms with E-state index in [2.05, 4.69) is 23.8 Å². The zero-order valence-corrected chi connectivity index (χ0v) is 9.53. The number of H-pyrrole nitrogens is 1. The molecule has 1 aromatic heterocycles. The van der Waals surface area contributed by atoms with Gasteiger partial charge in [0.2, 0.25) is 0 Å². The van der Waals surface area contributed by atoms with E-state index in [-0.39, 0.29) is 0 Å². The van der Waals surface area contributed by atoms with E-state index in [1.165, 1.54) is 18.5 Å². The molecule has 1 fully saturated rings. The molecular weight excluding hydrogens is 192 g/mol. The Morgan fingerprint density at radius 3 is 2.86 bits per heavy atom. The van der Waals surface area contributed by atoms with Gasteiger partial charge in [0.15, 0.2) is 0 Å². The van der Waals surface area contributed by atoms with Crippen molar-refractivity contribution < 1.29 is 0 Å². The van der Waals surface area contributed by atoms with Crippen LogP contribution in [0, 0.1) is 10.6 Å². The summed E-state index contributed by atoms with van der Waals surface area (Å²) in [5, 5.41) is 0. The molecule has 0 amide bonds. The molecule has 14 heavy (non-hydrogen) atoms. The topological polar surface area (TPSA) is 28.7 Å². The smallest absolute Gasteiger partial charge is 0.129 e. The number of nitrogens with zero attached hydrogens (tertiary/aromatic N) is 1. The number of hydrogen-bond donors (Lipinski definition) is 1. The van der Waals surface area contributed by atoms with Crippen LogP contribution in [-0.2, 0) is 6.42 Å². The molecule has 1 heterocycles. The molecule has 0 aromatic carbocycles. The minimum Gasteiger partial charge on any atom is -0.347 e. The second-order valence-corrected chi connectivity index (χ2v) is 4.92. The van der Waals surface area contributed by atoms with E-state index in [1.807, 2.05) is 6.07 Å². The average Bonchev–Trinajstić information content (AvgIpc) is 2.82. The van der Waals surface area contributed by atoms with Gasteiger partial charge in [-0.3, -0.25) is 0 Å². The molecule has 1 aliphatic carbocycles. The Bertz CT molecular complexity index is 377. The van der Waals surface area contributed by atoms with Crippen molar-refractivity contribution in [1.29, 1.82) is 0 Å². The molecule has 0 saturated heterocycles. The summed E-state index contributed by atoms with van der Waals surface area (Å²) in [4.78, 5) is 7.76. The molecule has 0 spiro atoms. The molecule has 3 heteroatoms. The molecule has 2 nitrogen and oxygen atoms in total. The quantitative estimate of drug-likeness (QED) is 0.773. The number of hydrogen-bond acceptors (Lipinski definition) is 2. The van der Waals surface area contributed by atoms with Crippen LogP contribution in [-0.4, -0.2) is 9.97 Å². The predicted octanol–water partition coefficient (Wildman–Crippen LogP) is 3.22. The highest BCUT2D eigenvalue weighted by Crippen LogP contribution is 2.37. The van der Waals surface area contributed by atoms with Gasteiger partial charge in [0.05, 0.1) is 0 Å². The summed E-state index contributed by atoms with van der Waals surface area (Å²) in [6.07, 6.45) is 3.60. The lowest BCUT2D eigenvalue weighted by Crippen LogP contribution is -2.02. The fourth-order valence-corrected chi connectivity index (χ4v) is 1.87. The van der Waals surface area contributed by atoms with Gasteiger partial charge in [-0.15, -0.1) is 0 Å². The maximum absolute atomic E-state index is 5.16. The molecule has 0 atom stereocenters. The van der Waals surface area contributed by atoms with Crippen molar-refractivity contribution in [2.45, 2.75) is 39.0 Å². The third-order valence-corrected chi connectivity index (χ3v) is 2.62. The van der Waals surface area contributed by atoms with Gasteiger partial charge in [0.25, 0.3) is 0 Å². The lowest BCUT2D eigenvalue weighted by Gasteiger charge is -2.07. The highest BCUT2D eigenvalue weighted by atomic mass is 32.1. The minimum atomic E-state index is 0.656. The fourth-order valence-electron chi connectivity index (χ4n) is 1.63. The van der Waals surface area contributed by atoms with Crippen LogP contribution in [0.2, 0.25) is 0 Å². The van der Waals surface area contributed by atoms with Crippen molar-refractivity contribution in [3.8, 4) is 0 Å². The van der Waals surface area contributed by atoms with Crippen LogP contribution in [0.1, 0.15) is 44.1 Å². The zero-order valence-electron chi connectivity index (χ0n) is 8.71. The standard InChI is InChI=1S/C11H16N2S/c1-7(2)5-9-6-10(14)13-11(12-9)8-3-4-8/h6-8H,3-5H2,1-2H3,(H,12,13,14). The highest BCUT2D eigenvalue weighted by Gasteiger charge is 2.25. The summed E-state index contributed by atoms with van der Waals surface area (Å²) in [7, 11) is 0. The van der Waals surface area contributed by atoms with Crippen LogP contribution in [0.3, 0.4) is 0 Å². The van der Waals surface area contributed by atoms with E-state index in [1.54, 1.807) is 0 Å². The molecule has 1 saturated carbocycles. The van der Waals surface area contributed by atoms with Crippen LogP contribution in [0.4, 0.5) is 0 Å². The maximum Gasteiger partial charge on any atom is 0.129 e. The van der Waals surface area contributed by atoms with Crippen LogP contribution < -0.4 is 0 Å². The van der Waals surface area contributed by atoms with Crippen molar-refractivity contribution in [2.24, 2.45) is 5.92 Å². The number of aromatic amines is 1. The summed E-state index contributed by atoms with van der Waals surface area (Å²) < 4.78 is 0.737. The van der Waals surface area contributed by atoms with Crippen molar-refractivity contribution in [3.63, 3.8) is 0 Å². The Hall–Kier alpha value is -0.700. The Morgan fingerprint density at radius 1 is 1.57 bits per heavy atom. The summed E-state index contributed by atoms with van der Waals surface area (Å²) in [6.45, 7) is 4.43. The second kappa shape index (κ2) is 3.81. The molecule has 1 N–H and O–H groups in total. The summed E-state index contributed by atoms with van der Waals surface area (Å²) in [5.41, 5.74) is 1.24. The number of rotatable bonds is 3. The predicted molar refractivity (Wildman–Crippen MR) is 59.9 cm³/mol. The summed E-state index contributed by atoms with van der Waals surface area (Å²) >= 11 is 5.16. The lowest BCUT2D eigenvalue weighted by atomic mass is 10.1. The molecule has 1 aromatic rings. The molecule has 76 valence electrons. The van der Waals surface area contributed by atoms with Gasteiger partial charge in [-0.1, -0.05) is 26.1 Å². The Labute approximate surface area is 89.8 Å². The summed E-state index contributed by atoms with van der Waals surface area (Å²) in [5.74, 6) is 2.42. The van der Waals surface area contributed by atoms with Crippen LogP contribution in [0.15, 0.2) is 6.07 Å². The van der Waals surface area contributed by atoms with Crippen molar-refractivity contribution in [2.75, 3.05) is 0 Å². The first-order valence-electron chi connectivity index (χ1n) is 5.25. The number of aromatic nitrogens is 2. The van der Waals surface area contributed by atoms with E-state index >= 15 is 0 Å². The van der Waals surface area contributed by atoms with E-state index in [4.69, 9.17) is 12.2 Å². The molecule has 0 bridgehead atoms. The largest absolute Gasteiger partial charge is 0.347 e. The second-order valence-electron chi connectivity index (χ2n) is 4.50. The van der Waals surface area contributed by atoms with Gasteiger partial charge in [-0.05, 0) is 31.2 Å². The normalized spacial score (nSPS) is 16.2. The van der Waals surface area contributed by atoms with Gasteiger partial charge in [-0.2, -0.15) is 0 Å². The van der Waals surface area contributed by atoms with Gasteiger partial charge >= 0.3 is 0 Å². The highest BCUT2D eigenvalue weighted by molar-refractivity contribution is 7.71. The molecule has 0 radical (unpaired) electrons. The number of nitrogens with one attached hydrogen (secondary N) is 1. The average molecular weight is 208 g/mol. The van der Waals surface area contributed by atoms with Crippen LogP contribution in [0.5, 0.6) is 0 Å². The lowest BCUT2D eigenvalue weighted by molar-refractivity contribution is 0.629. The van der Waals surface area contributed by atoms with E-state index in [0.717, 1.165) is 16.9 Å². The van der Waals surface area contributed by atoms with Crippen LogP contribution >= 0.6 is 12.2 Å². The molecular formula is C11H16N2S. The molecule has 1 aliphatic rings. The van der Waals surface area contributed by atoms with Crippen molar-refractivity contribution in [1.82, 2.24) is 9.97 Å². The first kappa shape index (κ1) is 9.84. The van der Waals surface area contributed by atoms with E-state index < -0.39 is 0 Å². The van der Waals surface area contributed by atoms with E-state index in [0.29, 0.717) is 11.8 Å². The third-order valence-electron chi connectivity index (χ3n) is 2.41. The van der Waals surface area contributed by atoms with Crippen molar-refractivity contribution in [3.05, 3.63) is 22.2 Å². The third kappa shape index (κ3) is 2.41. The first-order valence-corrected chi connectivity index (χ1v) is 5.66. The molecule has 0 unspecified atom stereocenters. The Balaban J connectivity index is 2.26. The maximum atomic E-state index is 5.16. The van der Waals surface area contributed by atoms with Crippen LogP contribution in [0.25, 0.3) is 0 Å². The minimum absolute atomic E-state index is 0.656. The Morgan fingerprint density at radius 2 is 2.29 bits per heavy atom.